The Bertz CT molecular complexity index is 287. The second kappa shape index (κ2) is 3.77. The normalized spacial score (nSPS) is 31.3. The quantitative estimate of drug-likeness (QED) is 0.659. The Morgan fingerprint density at radius 2 is 2.07 bits per heavy atom. The number of amides is 1. The number of rotatable bonds is 3. The lowest BCUT2D eigenvalue weighted by molar-refractivity contribution is -0.141. The summed E-state index contributed by atoms with van der Waals surface area (Å²) in [6.07, 6.45) is -0.277. The lowest BCUT2D eigenvalue weighted by atomic mass is 9.85. The number of carboxylic acid groups (broad SMARTS) is 1. The van der Waals surface area contributed by atoms with Crippen molar-refractivity contribution in [3.8, 4) is 0 Å². The van der Waals surface area contributed by atoms with Crippen LogP contribution in [0.1, 0.15) is 20.3 Å². The Labute approximate surface area is 81.5 Å². The van der Waals surface area contributed by atoms with Crippen LogP contribution in [0.3, 0.4) is 0 Å². The van der Waals surface area contributed by atoms with Crippen molar-refractivity contribution < 1.29 is 19.5 Å². The van der Waals surface area contributed by atoms with Gasteiger partial charge < -0.3 is 10.4 Å². The number of hydrogen-bond acceptors (Lipinski definition) is 3. The summed E-state index contributed by atoms with van der Waals surface area (Å²) in [7, 11) is 0. The molecule has 0 aromatic carbocycles. The van der Waals surface area contributed by atoms with Gasteiger partial charge in [0.2, 0.25) is 5.91 Å². The molecule has 1 rings (SSSR count). The van der Waals surface area contributed by atoms with E-state index in [2.05, 4.69) is 5.32 Å². The minimum atomic E-state index is -1.05. The molecule has 1 fully saturated rings. The maximum atomic E-state index is 11.3. The topological polar surface area (TPSA) is 83.5 Å². The van der Waals surface area contributed by atoms with E-state index in [9.17, 15) is 14.4 Å². The number of carboxylic acids is 1. The average Bonchev–Trinajstić information content (AvgIpc) is 2.25. The van der Waals surface area contributed by atoms with Gasteiger partial charge >= 0.3 is 5.97 Å². The Morgan fingerprint density at radius 1 is 1.50 bits per heavy atom. The second-order valence-corrected chi connectivity index (χ2v) is 3.64. The number of hydrogen-bond donors (Lipinski definition) is 2. The van der Waals surface area contributed by atoms with Crippen LogP contribution in [0.25, 0.3) is 0 Å². The van der Waals surface area contributed by atoms with Gasteiger partial charge in [0.15, 0.2) is 0 Å². The number of nitrogens with one attached hydrogen (secondary N) is 1. The van der Waals surface area contributed by atoms with Crippen molar-refractivity contribution in [3.05, 3.63) is 0 Å². The smallest absolute Gasteiger partial charge is 0.304 e. The van der Waals surface area contributed by atoms with Crippen LogP contribution >= 0.6 is 0 Å². The summed E-state index contributed by atoms with van der Waals surface area (Å²) >= 11 is 0. The molecule has 3 atom stereocenters. The molecule has 0 bridgehead atoms. The zero-order valence-corrected chi connectivity index (χ0v) is 8.11. The third kappa shape index (κ3) is 1.92. The van der Waals surface area contributed by atoms with E-state index in [1.165, 1.54) is 6.92 Å². The fourth-order valence-electron chi connectivity index (χ4n) is 1.98. The molecule has 1 aliphatic heterocycles. The van der Waals surface area contributed by atoms with Gasteiger partial charge in [0.1, 0.15) is 5.78 Å². The minimum Gasteiger partial charge on any atom is -0.481 e. The summed E-state index contributed by atoms with van der Waals surface area (Å²) < 4.78 is 0. The Hall–Kier alpha value is -1.39. The summed E-state index contributed by atoms with van der Waals surface area (Å²) in [5.41, 5.74) is 0. The van der Waals surface area contributed by atoms with Gasteiger partial charge in [-0.15, -0.1) is 0 Å². The van der Waals surface area contributed by atoms with Gasteiger partial charge in [-0.25, -0.2) is 0 Å². The largest absolute Gasteiger partial charge is 0.481 e. The van der Waals surface area contributed by atoms with Crippen LogP contribution in [-0.2, 0) is 14.4 Å². The number of ketones is 1. The maximum Gasteiger partial charge on any atom is 0.304 e. The van der Waals surface area contributed by atoms with Gasteiger partial charge in [0.05, 0.1) is 12.3 Å². The van der Waals surface area contributed by atoms with E-state index < -0.39 is 17.8 Å². The molecule has 1 heterocycles. The molecule has 0 aromatic rings. The molecular formula is C9H13NO4. The van der Waals surface area contributed by atoms with E-state index in [1.807, 2.05) is 0 Å². The van der Waals surface area contributed by atoms with Crippen molar-refractivity contribution in [2.24, 2.45) is 11.8 Å². The van der Waals surface area contributed by atoms with Crippen LogP contribution in [-0.4, -0.2) is 28.8 Å². The molecule has 78 valence electrons. The molecule has 1 aliphatic rings. The van der Waals surface area contributed by atoms with Crippen LogP contribution in [0.15, 0.2) is 0 Å². The van der Waals surface area contributed by atoms with Gasteiger partial charge in [0.25, 0.3) is 0 Å². The molecule has 1 saturated heterocycles. The lowest BCUT2D eigenvalue weighted by Crippen LogP contribution is -2.29. The number of carbonyl (C=O) groups excluding carboxylic acids is 2. The van der Waals surface area contributed by atoms with Gasteiger partial charge in [0, 0.05) is 12.0 Å². The van der Waals surface area contributed by atoms with E-state index in [1.54, 1.807) is 6.92 Å². The van der Waals surface area contributed by atoms with Crippen molar-refractivity contribution in [1.82, 2.24) is 5.32 Å². The maximum absolute atomic E-state index is 11.3. The Morgan fingerprint density at radius 3 is 2.50 bits per heavy atom. The highest BCUT2D eigenvalue weighted by molar-refractivity contribution is 5.93. The number of Topliss-reactive ketones (excluding diaryl/α,β-unsaturated/α-hetero) is 1. The molecule has 0 radical (unpaired) electrons. The monoisotopic (exact) mass is 199 g/mol. The van der Waals surface area contributed by atoms with Crippen LogP contribution in [0.5, 0.6) is 0 Å². The summed E-state index contributed by atoms with van der Waals surface area (Å²) in [6.45, 7) is 3.10. The SMILES string of the molecule is CC(=O)[C@H]1[C@@H](C)NC(=O)[C@@H]1CC(=O)O. The fourth-order valence-corrected chi connectivity index (χ4v) is 1.98. The van der Waals surface area contributed by atoms with Crippen molar-refractivity contribution in [2.75, 3.05) is 0 Å². The number of carbonyl (C=O) groups is 3. The summed E-state index contributed by atoms with van der Waals surface area (Å²) in [6, 6.07) is -0.260. The predicted octanol–water partition coefficient (Wildman–Crippen LogP) is -0.199. The van der Waals surface area contributed by atoms with Crippen LogP contribution in [0, 0.1) is 11.8 Å². The first kappa shape index (κ1) is 10.7. The van der Waals surface area contributed by atoms with Crippen LogP contribution in [0.2, 0.25) is 0 Å². The van der Waals surface area contributed by atoms with E-state index in [0.29, 0.717) is 0 Å². The minimum absolute atomic E-state index is 0.137. The summed E-state index contributed by atoms with van der Waals surface area (Å²) in [4.78, 5) is 33.0. The molecule has 5 nitrogen and oxygen atoms in total. The molecule has 0 aliphatic carbocycles. The van der Waals surface area contributed by atoms with Crippen LogP contribution in [0.4, 0.5) is 0 Å². The fraction of sp³-hybridized carbons (Fsp3) is 0.667. The van der Waals surface area contributed by atoms with Gasteiger partial charge in [-0.2, -0.15) is 0 Å². The first-order valence-electron chi connectivity index (χ1n) is 4.46. The number of aliphatic carboxylic acids is 1. The molecule has 5 heteroatoms. The molecule has 1 amide bonds. The van der Waals surface area contributed by atoms with Crippen LogP contribution < -0.4 is 5.32 Å². The molecule has 0 saturated carbocycles. The van der Waals surface area contributed by atoms with Crippen molar-refractivity contribution in [3.63, 3.8) is 0 Å². The highest BCUT2D eigenvalue weighted by Gasteiger charge is 2.43. The van der Waals surface area contributed by atoms with Crippen molar-refractivity contribution >= 4 is 17.7 Å². The van der Waals surface area contributed by atoms with Gasteiger partial charge in [-0.3, -0.25) is 14.4 Å². The third-order valence-corrected chi connectivity index (χ3v) is 2.54. The first-order chi connectivity index (χ1) is 6.43. The molecule has 0 aromatic heterocycles. The van der Waals surface area contributed by atoms with Crippen molar-refractivity contribution in [1.29, 1.82) is 0 Å². The highest BCUT2D eigenvalue weighted by atomic mass is 16.4. The van der Waals surface area contributed by atoms with E-state index in [-0.39, 0.29) is 24.2 Å². The second-order valence-electron chi connectivity index (χ2n) is 3.64. The molecular weight excluding hydrogens is 186 g/mol. The lowest BCUT2D eigenvalue weighted by Gasteiger charge is -2.14. The van der Waals surface area contributed by atoms with E-state index in [4.69, 9.17) is 5.11 Å². The van der Waals surface area contributed by atoms with Gasteiger partial charge in [-0.05, 0) is 13.8 Å². The highest BCUT2D eigenvalue weighted by Crippen LogP contribution is 2.27. The van der Waals surface area contributed by atoms with Crippen molar-refractivity contribution in [2.45, 2.75) is 26.3 Å². The predicted molar refractivity (Wildman–Crippen MR) is 47.5 cm³/mol. The Kier molecular flexibility index (Phi) is 2.88. The van der Waals surface area contributed by atoms with E-state index in [0.717, 1.165) is 0 Å². The molecule has 14 heavy (non-hydrogen) atoms. The van der Waals surface area contributed by atoms with Gasteiger partial charge in [-0.1, -0.05) is 0 Å². The summed E-state index contributed by atoms with van der Waals surface area (Å²) in [5.74, 6) is -2.73. The molecule has 0 spiro atoms. The third-order valence-electron chi connectivity index (χ3n) is 2.54. The average molecular weight is 199 g/mol. The Balaban J connectivity index is 2.83. The van der Waals surface area contributed by atoms with E-state index >= 15 is 0 Å². The zero-order chi connectivity index (χ0) is 10.9. The zero-order valence-electron chi connectivity index (χ0n) is 8.11. The standard InChI is InChI=1S/C9H13NO4/c1-4-8(5(2)11)6(3-7(12)13)9(14)10-4/h4,6,8H,3H2,1-2H3,(H,10,14)(H,12,13)/t4-,6-,8-/m1/s1. The first-order valence-corrected chi connectivity index (χ1v) is 4.46. The molecule has 2 N–H and O–H groups in total. The molecule has 0 unspecified atom stereocenters. The summed E-state index contributed by atoms with van der Waals surface area (Å²) in [5, 5.41) is 11.2.